The van der Waals surface area contributed by atoms with Crippen molar-refractivity contribution >= 4 is 11.9 Å². The Morgan fingerprint density at radius 2 is 1.80 bits per heavy atom. The maximum absolute atomic E-state index is 5.81. The van der Waals surface area contributed by atoms with Crippen LogP contribution < -0.4 is 19.3 Å². The van der Waals surface area contributed by atoms with Gasteiger partial charge >= 0.3 is 0 Å². The largest absolute Gasteiger partial charge is 0.497 e. The summed E-state index contributed by atoms with van der Waals surface area (Å²) in [5.41, 5.74) is 0.949. The third kappa shape index (κ3) is 3.37. The number of hydrogen-bond acceptors (Lipinski definition) is 5. The molecule has 0 spiro atoms. The molecule has 0 radical (unpaired) electrons. The van der Waals surface area contributed by atoms with Crippen molar-refractivity contribution in [1.29, 1.82) is 0 Å². The lowest BCUT2D eigenvalue weighted by atomic mass is 10.2. The molecule has 5 heteroatoms. The van der Waals surface area contributed by atoms with Crippen LogP contribution in [0.15, 0.2) is 47.4 Å². The molecule has 20 heavy (non-hydrogen) atoms. The molecule has 4 nitrogen and oxygen atoms in total. The highest BCUT2D eigenvalue weighted by Crippen LogP contribution is 2.29. The van der Waals surface area contributed by atoms with E-state index in [0.717, 1.165) is 27.7 Å². The molecule has 0 saturated heterocycles. The molecule has 0 aromatic heterocycles. The summed E-state index contributed by atoms with van der Waals surface area (Å²) in [6.45, 7) is 0.407. The van der Waals surface area contributed by atoms with Crippen LogP contribution in [0.25, 0.3) is 0 Å². The van der Waals surface area contributed by atoms with Crippen molar-refractivity contribution in [2.24, 2.45) is 5.14 Å². The zero-order valence-electron chi connectivity index (χ0n) is 11.5. The Bertz CT molecular complexity index is 575. The van der Waals surface area contributed by atoms with E-state index in [-0.39, 0.29) is 0 Å². The van der Waals surface area contributed by atoms with Crippen molar-refractivity contribution in [3.05, 3.63) is 48.0 Å². The lowest BCUT2D eigenvalue weighted by molar-refractivity contribution is 0.289. The standard InChI is InChI=1S/C15H17NO3S/c1-17-12-8-7-11(14(9-12)18-2)10-19-13-5-3-4-6-15(13)20-16/h3-9H,10,16H2,1-2H3. The van der Waals surface area contributed by atoms with Gasteiger partial charge in [0, 0.05) is 11.6 Å². The third-order valence-corrected chi connectivity index (χ3v) is 3.44. The highest BCUT2D eigenvalue weighted by atomic mass is 32.2. The molecule has 2 aromatic rings. The molecule has 2 rings (SSSR count). The van der Waals surface area contributed by atoms with E-state index in [1.807, 2.05) is 42.5 Å². The van der Waals surface area contributed by atoms with E-state index in [4.69, 9.17) is 19.3 Å². The third-order valence-electron chi connectivity index (χ3n) is 2.85. The molecule has 106 valence electrons. The van der Waals surface area contributed by atoms with Gasteiger partial charge in [0.2, 0.25) is 0 Å². The fourth-order valence-corrected chi connectivity index (χ4v) is 2.19. The predicted octanol–water partition coefficient (Wildman–Crippen LogP) is 3.25. The molecule has 0 bridgehead atoms. The van der Waals surface area contributed by atoms with Gasteiger partial charge in [-0.1, -0.05) is 12.1 Å². The monoisotopic (exact) mass is 291 g/mol. The van der Waals surface area contributed by atoms with Crippen LogP contribution in [-0.2, 0) is 6.61 Å². The van der Waals surface area contributed by atoms with Crippen molar-refractivity contribution in [3.63, 3.8) is 0 Å². The topological polar surface area (TPSA) is 53.7 Å². The van der Waals surface area contributed by atoms with Gasteiger partial charge in [0.25, 0.3) is 0 Å². The van der Waals surface area contributed by atoms with E-state index in [9.17, 15) is 0 Å². The van der Waals surface area contributed by atoms with Crippen LogP contribution in [0.2, 0.25) is 0 Å². The predicted molar refractivity (Wildman–Crippen MR) is 80.4 cm³/mol. The lowest BCUT2D eigenvalue weighted by Crippen LogP contribution is -2.00. The first kappa shape index (κ1) is 14.6. The van der Waals surface area contributed by atoms with Crippen molar-refractivity contribution in [2.75, 3.05) is 14.2 Å². The van der Waals surface area contributed by atoms with Gasteiger partial charge in [-0.15, -0.1) is 0 Å². The van der Waals surface area contributed by atoms with Crippen LogP contribution in [0.4, 0.5) is 0 Å². The van der Waals surface area contributed by atoms with E-state index < -0.39 is 0 Å². The lowest BCUT2D eigenvalue weighted by Gasteiger charge is -2.13. The summed E-state index contributed by atoms with van der Waals surface area (Å²) in [7, 11) is 3.25. The summed E-state index contributed by atoms with van der Waals surface area (Å²) in [4.78, 5) is 0.903. The van der Waals surface area contributed by atoms with E-state index in [1.54, 1.807) is 14.2 Å². The van der Waals surface area contributed by atoms with Crippen LogP contribution in [0.3, 0.4) is 0 Å². The Hall–Kier alpha value is -1.85. The molecule has 0 aliphatic rings. The molecular formula is C15H17NO3S. The normalized spacial score (nSPS) is 10.2. The molecule has 0 amide bonds. The molecule has 0 fully saturated rings. The Labute approximate surface area is 123 Å². The number of hydrogen-bond donors (Lipinski definition) is 1. The molecule has 0 atom stereocenters. The molecule has 0 unspecified atom stereocenters. The van der Waals surface area contributed by atoms with Crippen molar-refractivity contribution in [1.82, 2.24) is 0 Å². The van der Waals surface area contributed by atoms with Crippen molar-refractivity contribution in [3.8, 4) is 17.2 Å². The summed E-state index contributed by atoms with van der Waals surface area (Å²) in [5, 5.41) is 5.61. The number of nitrogens with two attached hydrogens (primary N) is 1. The summed E-state index contributed by atoms with van der Waals surface area (Å²) in [6, 6.07) is 13.3. The number of para-hydroxylation sites is 1. The quantitative estimate of drug-likeness (QED) is 0.828. The average Bonchev–Trinajstić information content (AvgIpc) is 2.52. The second-order valence-corrected chi connectivity index (χ2v) is 4.71. The van der Waals surface area contributed by atoms with Gasteiger partial charge in [-0.25, -0.2) is 0 Å². The second kappa shape index (κ2) is 7.07. The van der Waals surface area contributed by atoms with Gasteiger partial charge in [0.05, 0.1) is 19.1 Å². The minimum atomic E-state index is 0.407. The van der Waals surface area contributed by atoms with Gasteiger partial charge in [0.15, 0.2) is 0 Å². The van der Waals surface area contributed by atoms with E-state index in [0.29, 0.717) is 6.61 Å². The fourth-order valence-electron chi connectivity index (χ4n) is 1.79. The molecule has 0 aliphatic carbocycles. The smallest absolute Gasteiger partial charge is 0.134 e. The SMILES string of the molecule is COc1ccc(COc2ccccc2SN)c(OC)c1. The summed E-state index contributed by atoms with van der Waals surface area (Å²) >= 11 is 1.17. The van der Waals surface area contributed by atoms with Crippen molar-refractivity contribution in [2.45, 2.75) is 11.5 Å². The molecule has 2 N–H and O–H groups in total. The Balaban J connectivity index is 2.14. The molecule has 2 aromatic carbocycles. The van der Waals surface area contributed by atoms with Gasteiger partial charge in [0.1, 0.15) is 23.9 Å². The van der Waals surface area contributed by atoms with Gasteiger partial charge in [-0.3, -0.25) is 5.14 Å². The average molecular weight is 291 g/mol. The summed E-state index contributed by atoms with van der Waals surface area (Å²) in [5.74, 6) is 2.25. The van der Waals surface area contributed by atoms with E-state index in [1.165, 1.54) is 11.9 Å². The molecular weight excluding hydrogens is 274 g/mol. The second-order valence-electron chi connectivity index (χ2n) is 4.03. The van der Waals surface area contributed by atoms with Crippen LogP contribution in [0.1, 0.15) is 5.56 Å². The Kier molecular flexibility index (Phi) is 5.15. The molecule has 0 saturated carbocycles. The number of rotatable bonds is 6. The zero-order valence-corrected chi connectivity index (χ0v) is 12.3. The van der Waals surface area contributed by atoms with Gasteiger partial charge in [-0.05, 0) is 36.2 Å². The Morgan fingerprint density at radius 3 is 2.50 bits per heavy atom. The maximum Gasteiger partial charge on any atom is 0.134 e. The fraction of sp³-hybridized carbons (Fsp3) is 0.200. The summed E-state index contributed by atoms with van der Waals surface area (Å²) in [6.07, 6.45) is 0. The van der Waals surface area contributed by atoms with Crippen LogP contribution in [0, 0.1) is 0 Å². The number of ether oxygens (including phenoxy) is 3. The van der Waals surface area contributed by atoms with Crippen LogP contribution >= 0.6 is 11.9 Å². The zero-order chi connectivity index (χ0) is 14.4. The van der Waals surface area contributed by atoms with Crippen LogP contribution in [0.5, 0.6) is 17.2 Å². The van der Waals surface area contributed by atoms with Gasteiger partial charge in [-0.2, -0.15) is 0 Å². The van der Waals surface area contributed by atoms with E-state index >= 15 is 0 Å². The highest BCUT2D eigenvalue weighted by Gasteiger charge is 2.07. The first-order chi connectivity index (χ1) is 9.78. The number of methoxy groups -OCH3 is 2. The Morgan fingerprint density at radius 1 is 1.00 bits per heavy atom. The van der Waals surface area contributed by atoms with Crippen molar-refractivity contribution < 1.29 is 14.2 Å². The highest BCUT2D eigenvalue weighted by molar-refractivity contribution is 7.97. The molecule has 0 heterocycles. The number of benzene rings is 2. The van der Waals surface area contributed by atoms with Gasteiger partial charge < -0.3 is 14.2 Å². The van der Waals surface area contributed by atoms with E-state index in [2.05, 4.69) is 0 Å². The maximum atomic E-state index is 5.81. The first-order valence-corrected chi connectivity index (χ1v) is 6.96. The van der Waals surface area contributed by atoms with Crippen LogP contribution in [-0.4, -0.2) is 14.2 Å². The molecule has 0 aliphatic heterocycles. The minimum absolute atomic E-state index is 0.407. The minimum Gasteiger partial charge on any atom is -0.497 e. The summed E-state index contributed by atoms with van der Waals surface area (Å²) < 4.78 is 16.3. The first-order valence-electron chi connectivity index (χ1n) is 6.08.